The highest BCUT2D eigenvalue weighted by Gasteiger charge is 2.28. The Balaban J connectivity index is 2.04. The van der Waals surface area contributed by atoms with Crippen molar-refractivity contribution < 1.29 is 8.42 Å². The van der Waals surface area contributed by atoms with Crippen LogP contribution in [0.15, 0.2) is 24.3 Å². The van der Waals surface area contributed by atoms with Gasteiger partial charge in [-0.05, 0) is 43.9 Å². The number of benzene rings is 1. The molecule has 0 aliphatic heterocycles. The van der Waals surface area contributed by atoms with Crippen molar-refractivity contribution >= 4 is 9.84 Å². The van der Waals surface area contributed by atoms with Crippen molar-refractivity contribution in [3.8, 4) is 0 Å². The summed E-state index contributed by atoms with van der Waals surface area (Å²) >= 11 is 0. The van der Waals surface area contributed by atoms with E-state index >= 15 is 0 Å². The molecule has 0 bridgehead atoms. The van der Waals surface area contributed by atoms with E-state index in [4.69, 9.17) is 0 Å². The average molecular weight is 295 g/mol. The molecule has 0 radical (unpaired) electrons. The summed E-state index contributed by atoms with van der Waals surface area (Å²) in [5.41, 5.74) is 1.98. The summed E-state index contributed by atoms with van der Waals surface area (Å²) in [5, 5.41) is 3.22. The number of nitrogens with one attached hydrogen (secondary N) is 1. The van der Waals surface area contributed by atoms with Gasteiger partial charge in [0.05, 0.1) is 11.5 Å². The maximum absolute atomic E-state index is 12.4. The molecule has 112 valence electrons. The minimum absolute atomic E-state index is 0.103. The van der Waals surface area contributed by atoms with Crippen LogP contribution in [0.5, 0.6) is 0 Å². The van der Waals surface area contributed by atoms with Crippen molar-refractivity contribution in [1.29, 1.82) is 0 Å². The highest BCUT2D eigenvalue weighted by Crippen LogP contribution is 2.28. The lowest BCUT2D eigenvalue weighted by molar-refractivity contribution is 0.404. The van der Waals surface area contributed by atoms with Crippen LogP contribution < -0.4 is 5.32 Å². The summed E-state index contributed by atoms with van der Waals surface area (Å²) in [4.78, 5) is 0. The summed E-state index contributed by atoms with van der Waals surface area (Å²) in [7, 11) is -1.19. The van der Waals surface area contributed by atoms with E-state index in [1.54, 1.807) is 0 Å². The zero-order valence-electron chi connectivity index (χ0n) is 12.4. The van der Waals surface area contributed by atoms with Crippen LogP contribution in [0.1, 0.15) is 36.8 Å². The van der Waals surface area contributed by atoms with Gasteiger partial charge in [0, 0.05) is 6.04 Å². The number of rotatable bonds is 6. The van der Waals surface area contributed by atoms with Crippen LogP contribution >= 0.6 is 0 Å². The number of hydrogen-bond acceptors (Lipinski definition) is 3. The van der Waals surface area contributed by atoms with Crippen LogP contribution in [0.3, 0.4) is 0 Å². The van der Waals surface area contributed by atoms with Gasteiger partial charge in [-0.3, -0.25) is 0 Å². The SMILES string of the molecule is CNC(CS(=O)(=O)Cc1ccccc1C)C1CCCC1. The third-order valence-corrected chi connectivity index (χ3v) is 6.03. The van der Waals surface area contributed by atoms with Gasteiger partial charge in [-0.15, -0.1) is 0 Å². The predicted octanol–water partition coefficient (Wildman–Crippen LogP) is 2.69. The quantitative estimate of drug-likeness (QED) is 0.877. The molecular weight excluding hydrogens is 270 g/mol. The summed E-state index contributed by atoms with van der Waals surface area (Å²) in [6, 6.07) is 7.84. The van der Waals surface area contributed by atoms with Gasteiger partial charge in [0.25, 0.3) is 0 Å². The lowest BCUT2D eigenvalue weighted by Gasteiger charge is -2.22. The van der Waals surface area contributed by atoms with Gasteiger partial charge in [0.2, 0.25) is 0 Å². The molecule has 1 aliphatic carbocycles. The topological polar surface area (TPSA) is 46.2 Å². The van der Waals surface area contributed by atoms with Gasteiger partial charge in [-0.2, -0.15) is 0 Å². The van der Waals surface area contributed by atoms with Crippen molar-refractivity contribution in [3.63, 3.8) is 0 Å². The second-order valence-electron chi connectivity index (χ2n) is 5.92. The zero-order valence-corrected chi connectivity index (χ0v) is 13.2. The van der Waals surface area contributed by atoms with E-state index < -0.39 is 9.84 Å². The first-order valence-electron chi connectivity index (χ1n) is 7.44. The normalized spacial score (nSPS) is 18.3. The lowest BCUT2D eigenvalue weighted by atomic mass is 10.0. The molecule has 1 N–H and O–H groups in total. The maximum Gasteiger partial charge on any atom is 0.155 e. The van der Waals surface area contributed by atoms with Crippen molar-refractivity contribution in [2.75, 3.05) is 12.8 Å². The third-order valence-electron chi connectivity index (χ3n) is 4.41. The Hall–Kier alpha value is -0.870. The van der Waals surface area contributed by atoms with Gasteiger partial charge in [-0.1, -0.05) is 37.1 Å². The Morgan fingerprint density at radius 2 is 1.90 bits per heavy atom. The molecule has 0 amide bonds. The Bertz CT molecular complexity index is 533. The lowest BCUT2D eigenvalue weighted by Crippen LogP contribution is -2.39. The van der Waals surface area contributed by atoms with E-state index in [0.717, 1.165) is 24.0 Å². The predicted molar refractivity (Wildman–Crippen MR) is 83.5 cm³/mol. The maximum atomic E-state index is 12.4. The van der Waals surface area contributed by atoms with Crippen LogP contribution in [0.2, 0.25) is 0 Å². The average Bonchev–Trinajstić information content (AvgIpc) is 2.92. The second-order valence-corrected chi connectivity index (χ2v) is 8.03. The fourth-order valence-electron chi connectivity index (χ4n) is 3.16. The molecule has 1 unspecified atom stereocenters. The molecule has 0 saturated heterocycles. The molecule has 2 rings (SSSR count). The number of hydrogen-bond donors (Lipinski definition) is 1. The van der Waals surface area contributed by atoms with E-state index in [2.05, 4.69) is 5.32 Å². The standard InChI is InChI=1S/C16H25NO2S/c1-13-7-3-4-10-15(13)11-20(18,19)12-16(17-2)14-8-5-6-9-14/h3-4,7,10,14,16-17H,5-6,8-9,11-12H2,1-2H3. The van der Waals surface area contributed by atoms with E-state index in [1.165, 1.54) is 12.8 Å². The van der Waals surface area contributed by atoms with Crippen LogP contribution in [0.4, 0.5) is 0 Å². The molecule has 1 fully saturated rings. The molecule has 1 aliphatic rings. The van der Waals surface area contributed by atoms with Crippen LogP contribution in [-0.4, -0.2) is 27.3 Å². The molecule has 0 heterocycles. The van der Waals surface area contributed by atoms with E-state index in [-0.39, 0.29) is 17.5 Å². The van der Waals surface area contributed by atoms with Crippen LogP contribution in [-0.2, 0) is 15.6 Å². The number of sulfone groups is 1. The second kappa shape index (κ2) is 6.72. The van der Waals surface area contributed by atoms with Gasteiger partial charge in [0.1, 0.15) is 0 Å². The van der Waals surface area contributed by atoms with Crippen LogP contribution in [0, 0.1) is 12.8 Å². The molecule has 4 heteroatoms. The fraction of sp³-hybridized carbons (Fsp3) is 0.625. The molecule has 3 nitrogen and oxygen atoms in total. The van der Waals surface area contributed by atoms with Crippen molar-refractivity contribution in [3.05, 3.63) is 35.4 Å². The molecule has 0 aromatic heterocycles. The first-order valence-corrected chi connectivity index (χ1v) is 9.26. The summed E-state index contributed by atoms with van der Waals surface area (Å²) in [6.45, 7) is 1.97. The zero-order chi connectivity index (χ0) is 14.6. The van der Waals surface area contributed by atoms with Crippen molar-refractivity contribution in [2.45, 2.75) is 44.4 Å². The molecular formula is C16H25NO2S. The highest BCUT2D eigenvalue weighted by atomic mass is 32.2. The smallest absolute Gasteiger partial charge is 0.155 e. The molecule has 1 aromatic carbocycles. The van der Waals surface area contributed by atoms with Gasteiger partial charge in [-0.25, -0.2) is 8.42 Å². The van der Waals surface area contributed by atoms with Crippen molar-refractivity contribution in [2.24, 2.45) is 5.92 Å². The van der Waals surface area contributed by atoms with Crippen LogP contribution in [0.25, 0.3) is 0 Å². The summed E-state index contributed by atoms with van der Waals surface area (Å²) in [6.07, 6.45) is 4.79. The fourth-order valence-corrected chi connectivity index (χ4v) is 5.06. The minimum Gasteiger partial charge on any atom is -0.316 e. The first-order chi connectivity index (χ1) is 9.52. The van der Waals surface area contributed by atoms with E-state index in [9.17, 15) is 8.42 Å². The Kier molecular flexibility index (Phi) is 5.22. The first kappa shape index (κ1) is 15.5. The molecule has 1 aromatic rings. The van der Waals surface area contributed by atoms with Crippen molar-refractivity contribution in [1.82, 2.24) is 5.32 Å². The van der Waals surface area contributed by atoms with Gasteiger partial charge in [0.15, 0.2) is 9.84 Å². The van der Waals surface area contributed by atoms with E-state index in [1.807, 2.05) is 38.2 Å². The number of aryl methyl sites for hydroxylation is 1. The molecule has 20 heavy (non-hydrogen) atoms. The highest BCUT2D eigenvalue weighted by molar-refractivity contribution is 7.90. The molecule has 0 spiro atoms. The largest absolute Gasteiger partial charge is 0.316 e. The molecule has 1 saturated carbocycles. The monoisotopic (exact) mass is 295 g/mol. The summed E-state index contributed by atoms with van der Waals surface area (Å²) < 4.78 is 24.9. The Morgan fingerprint density at radius 1 is 1.25 bits per heavy atom. The Morgan fingerprint density at radius 3 is 2.50 bits per heavy atom. The van der Waals surface area contributed by atoms with Gasteiger partial charge >= 0.3 is 0 Å². The third kappa shape index (κ3) is 4.06. The van der Waals surface area contributed by atoms with Gasteiger partial charge < -0.3 is 5.32 Å². The Labute approximate surface area is 122 Å². The minimum atomic E-state index is -3.07. The van der Waals surface area contributed by atoms with E-state index in [0.29, 0.717) is 5.92 Å². The summed E-state index contributed by atoms with van der Waals surface area (Å²) in [5.74, 6) is 0.930. The molecule has 1 atom stereocenters.